The number of rotatable bonds is 1. The molecule has 2 N–H and O–H groups in total. The molecule has 0 radical (unpaired) electrons. The Labute approximate surface area is 115 Å². The Morgan fingerprint density at radius 2 is 2.05 bits per heavy atom. The van der Waals surface area contributed by atoms with Gasteiger partial charge in [0.1, 0.15) is 0 Å². The van der Waals surface area contributed by atoms with Gasteiger partial charge in [0.15, 0.2) is 0 Å². The minimum atomic E-state index is 0.137. The highest BCUT2D eigenvalue weighted by Crippen LogP contribution is 2.48. The Hall–Kier alpha value is -1.50. The van der Waals surface area contributed by atoms with Gasteiger partial charge >= 0.3 is 0 Å². The standard InChI is InChI=1S/C15H20BN3/c1-11-14(12-3-2-4-13(12)18)19-9-15(11)5-7-16(10-17)8-6-15/h1-9,18H2. The molecule has 1 fully saturated rings. The minimum Gasteiger partial charge on any atom is -0.402 e. The molecule has 0 bridgehead atoms. The average molecular weight is 253 g/mol. The van der Waals surface area contributed by atoms with Crippen LogP contribution in [0.5, 0.6) is 0 Å². The number of nitrogens with zero attached hydrogens (tertiary/aromatic N) is 2. The van der Waals surface area contributed by atoms with Gasteiger partial charge in [0.2, 0.25) is 0 Å². The summed E-state index contributed by atoms with van der Waals surface area (Å²) in [6.45, 7) is 5.43. The fourth-order valence-corrected chi connectivity index (χ4v) is 3.75. The first-order valence-electron chi connectivity index (χ1n) is 7.28. The third-order valence-electron chi connectivity index (χ3n) is 5.14. The quantitative estimate of drug-likeness (QED) is 0.730. The number of hydrogen-bond acceptors (Lipinski definition) is 3. The summed E-state index contributed by atoms with van der Waals surface area (Å²) < 4.78 is 0. The molecule has 0 unspecified atom stereocenters. The van der Waals surface area contributed by atoms with E-state index in [9.17, 15) is 0 Å². The molecule has 1 spiro atoms. The highest BCUT2D eigenvalue weighted by molar-refractivity contribution is 6.67. The van der Waals surface area contributed by atoms with Crippen molar-refractivity contribution in [2.24, 2.45) is 16.1 Å². The van der Waals surface area contributed by atoms with Crippen molar-refractivity contribution in [3.63, 3.8) is 0 Å². The van der Waals surface area contributed by atoms with Crippen LogP contribution in [0.3, 0.4) is 0 Å². The molecule has 1 aliphatic carbocycles. The van der Waals surface area contributed by atoms with E-state index in [0.717, 1.165) is 62.7 Å². The van der Waals surface area contributed by atoms with Gasteiger partial charge in [-0.2, -0.15) is 0 Å². The first kappa shape index (κ1) is 12.5. The summed E-state index contributed by atoms with van der Waals surface area (Å²) in [5.41, 5.74) is 10.8. The highest BCUT2D eigenvalue weighted by Gasteiger charge is 2.44. The van der Waals surface area contributed by atoms with E-state index < -0.39 is 0 Å². The minimum absolute atomic E-state index is 0.137. The van der Waals surface area contributed by atoms with Crippen LogP contribution in [-0.2, 0) is 0 Å². The van der Waals surface area contributed by atoms with E-state index >= 15 is 0 Å². The van der Waals surface area contributed by atoms with Crippen LogP contribution in [0.15, 0.2) is 28.4 Å². The van der Waals surface area contributed by atoms with Crippen molar-refractivity contribution in [2.75, 3.05) is 6.54 Å². The van der Waals surface area contributed by atoms with E-state index in [2.05, 4.69) is 12.5 Å². The summed E-state index contributed by atoms with van der Waals surface area (Å²) >= 11 is 0. The van der Waals surface area contributed by atoms with Crippen LogP contribution in [0, 0.1) is 16.6 Å². The molecule has 0 aromatic carbocycles. The molecule has 98 valence electrons. The summed E-state index contributed by atoms with van der Waals surface area (Å²) in [6, 6.07) is 0. The molecule has 0 aromatic heterocycles. The van der Waals surface area contributed by atoms with Crippen molar-refractivity contribution < 1.29 is 0 Å². The first-order chi connectivity index (χ1) is 9.16. The number of nitrogens with two attached hydrogens (primary N) is 1. The maximum atomic E-state index is 9.02. The van der Waals surface area contributed by atoms with Crippen molar-refractivity contribution in [2.45, 2.75) is 44.7 Å². The average Bonchev–Trinajstić information content (AvgIpc) is 2.97. The zero-order valence-corrected chi connectivity index (χ0v) is 11.4. The van der Waals surface area contributed by atoms with Crippen LogP contribution in [0.25, 0.3) is 0 Å². The van der Waals surface area contributed by atoms with Crippen LogP contribution in [0.4, 0.5) is 0 Å². The second kappa shape index (κ2) is 4.56. The SMILES string of the molecule is C=C1C(C2=C(N)CCC2)=NCC12CCB(C#N)CC2. The van der Waals surface area contributed by atoms with Crippen LogP contribution in [0.2, 0.25) is 12.6 Å². The summed E-state index contributed by atoms with van der Waals surface area (Å²) in [7, 11) is 0. The lowest BCUT2D eigenvalue weighted by atomic mass is 9.39. The van der Waals surface area contributed by atoms with E-state index in [1.54, 1.807) is 0 Å². The number of nitriles is 1. The summed E-state index contributed by atoms with van der Waals surface area (Å²) in [5.74, 6) is 2.40. The van der Waals surface area contributed by atoms with Crippen molar-refractivity contribution >= 4 is 12.4 Å². The lowest BCUT2D eigenvalue weighted by molar-refractivity contribution is 0.353. The summed E-state index contributed by atoms with van der Waals surface area (Å²) in [4.78, 5) is 4.77. The van der Waals surface area contributed by atoms with E-state index in [1.165, 1.54) is 11.1 Å². The molecule has 3 aliphatic rings. The fourth-order valence-electron chi connectivity index (χ4n) is 3.75. The van der Waals surface area contributed by atoms with Crippen LogP contribution in [0.1, 0.15) is 32.1 Å². The van der Waals surface area contributed by atoms with Crippen molar-refractivity contribution in [3.05, 3.63) is 23.4 Å². The zero-order valence-electron chi connectivity index (χ0n) is 11.4. The van der Waals surface area contributed by atoms with E-state index in [-0.39, 0.29) is 12.1 Å². The Bertz CT molecular complexity index is 516. The molecule has 1 saturated heterocycles. The molecule has 3 rings (SSSR count). The molecule has 2 heterocycles. The second-order valence-corrected chi connectivity index (χ2v) is 6.18. The van der Waals surface area contributed by atoms with Gasteiger partial charge in [-0.15, -0.1) is 0 Å². The predicted molar refractivity (Wildman–Crippen MR) is 79.2 cm³/mol. The molecule has 19 heavy (non-hydrogen) atoms. The van der Waals surface area contributed by atoms with Gasteiger partial charge in [-0.1, -0.05) is 19.2 Å². The van der Waals surface area contributed by atoms with Crippen LogP contribution in [-0.4, -0.2) is 19.0 Å². The molecule has 4 heteroatoms. The lowest BCUT2D eigenvalue weighted by Gasteiger charge is -2.35. The van der Waals surface area contributed by atoms with E-state index in [4.69, 9.17) is 16.0 Å². The van der Waals surface area contributed by atoms with Crippen LogP contribution >= 0.6 is 0 Å². The Kier molecular flexibility index (Phi) is 3.01. The number of aliphatic imine (C=N–C) groups is 1. The van der Waals surface area contributed by atoms with Gasteiger partial charge in [0.25, 0.3) is 6.71 Å². The van der Waals surface area contributed by atoms with Gasteiger partial charge < -0.3 is 5.73 Å². The smallest absolute Gasteiger partial charge is 0.267 e. The molecule has 0 amide bonds. The topological polar surface area (TPSA) is 62.2 Å². The first-order valence-corrected chi connectivity index (χ1v) is 7.28. The van der Waals surface area contributed by atoms with Crippen molar-refractivity contribution in [1.29, 1.82) is 5.26 Å². The number of allylic oxidation sites excluding steroid dienone is 2. The normalized spacial score (nSPS) is 25.9. The predicted octanol–water partition coefficient (Wildman–Crippen LogP) is 2.73. The third-order valence-corrected chi connectivity index (χ3v) is 5.14. The van der Waals surface area contributed by atoms with Gasteiger partial charge in [0.05, 0.1) is 5.71 Å². The maximum absolute atomic E-state index is 9.02. The maximum Gasteiger partial charge on any atom is 0.267 e. The molecule has 0 atom stereocenters. The Balaban J connectivity index is 1.79. The molecule has 0 aromatic rings. The summed E-state index contributed by atoms with van der Waals surface area (Å²) in [5, 5.41) is 9.02. The molecule has 3 nitrogen and oxygen atoms in total. The van der Waals surface area contributed by atoms with E-state index in [0.29, 0.717) is 0 Å². The van der Waals surface area contributed by atoms with Gasteiger partial charge in [-0.3, -0.25) is 4.99 Å². The molecular formula is C15H20BN3. The number of hydrogen-bond donors (Lipinski definition) is 1. The second-order valence-electron chi connectivity index (χ2n) is 6.18. The van der Waals surface area contributed by atoms with Crippen molar-refractivity contribution in [1.82, 2.24) is 0 Å². The highest BCUT2D eigenvalue weighted by atomic mass is 14.8. The summed E-state index contributed by atoms with van der Waals surface area (Å²) in [6.07, 6.45) is 7.32. The van der Waals surface area contributed by atoms with E-state index in [1.807, 2.05) is 0 Å². The Morgan fingerprint density at radius 1 is 1.32 bits per heavy atom. The molecule has 0 saturated carbocycles. The fraction of sp³-hybridized carbons (Fsp3) is 0.600. The monoisotopic (exact) mass is 253 g/mol. The van der Waals surface area contributed by atoms with Crippen molar-refractivity contribution in [3.8, 4) is 5.97 Å². The third kappa shape index (κ3) is 1.92. The van der Waals surface area contributed by atoms with Gasteiger partial charge in [-0.05, 0) is 43.3 Å². The molecular weight excluding hydrogens is 233 g/mol. The molecule has 2 aliphatic heterocycles. The van der Waals surface area contributed by atoms with Crippen LogP contribution < -0.4 is 5.73 Å². The Morgan fingerprint density at radius 3 is 2.63 bits per heavy atom. The van der Waals surface area contributed by atoms with Gasteiger partial charge in [-0.25, -0.2) is 5.26 Å². The zero-order chi connectivity index (χ0) is 13.5. The largest absolute Gasteiger partial charge is 0.402 e. The van der Waals surface area contributed by atoms with Gasteiger partial charge in [0, 0.05) is 23.6 Å². The lowest BCUT2D eigenvalue weighted by Crippen LogP contribution is -2.33.